The van der Waals surface area contributed by atoms with Gasteiger partial charge in [0.25, 0.3) is 0 Å². The van der Waals surface area contributed by atoms with Crippen LogP contribution in [-0.2, 0) is 17.1 Å². The lowest BCUT2D eigenvalue weighted by molar-refractivity contribution is -0.126. The molecule has 156 valence electrons. The molecule has 0 saturated carbocycles. The van der Waals surface area contributed by atoms with Gasteiger partial charge in [0, 0.05) is 30.5 Å². The summed E-state index contributed by atoms with van der Waals surface area (Å²) in [5, 5.41) is 5.79. The van der Waals surface area contributed by atoms with E-state index in [-0.39, 0.29) is 11.8 Å². The summed E-state index contributed by atoms with van der Waals surface area (Å²) in [6, 6.07) is 25.6. The summed E-state index contributed by atoms with van der Waals surface area (Å²) in [4.78, 5) is 15.0. The zero-order valence-electron chi connectivity index (χ0n) is 17.4. The van der Waals surface area contributed by atoms with Gasteiger partial charge in [0.1, 0.15) is 0 Å². The summed E-state index contributed by atoms with van der Waals surface area (Å²) in [5.74, 6) is 2.36. The Balaban J connectivity index is 1.17. The first-order valence-electron chi connectivity index (χ1n) is 10.9. The normalized spacial score (nSPS) is 15.3. The molecule has 1 aliphatic heterocycles. The van der Waals surface area contributed by atoms with Crippen molar-refractivity contribution in [1.29, 1.82) is 0 Å². The number of thioether (sulfide) groups is 1. The van der Waals surface area contributed by atoms with Gasteiger partial charge < -0.3 is 5.32 Å². The van der Waals surface area contributed by atoms with E-state index < -0.39 is 0 Å². The lowest BCUT2D eigenvalue weighted by atomic mass is 9.95. The Morgan fingerprint density at radius 3 is 2.50 bits per heavy atom. The standard InChI is InChI=1S/C26H30N2OS/c29-26(27-15-18-30-20-21-7-2-1-3-8-21)23-13-16-28(17-14-23)19-24-11-6-10-22-9-4-5-12-25(22)24/h1-12,23H,13-20H2,(H,27,29). The quantitative estimate of drug-likeness (QED) is 0.517. The maximum atomic E-state index is 12.5. The molecule has 4 heteroatoms. The lowest BCUT2D eigenvalue weighted by Gasteiger charge is -2.31. The van der Waals surface area contributed by atoms with Crippen molar-refractivity contribution < 1.29 is 4.79 Å². The molecule has 3 nitrogen and oxygen atoms in total. The molecule has 1 saturated heterocycles. The third-order valence-corrected chi connectivity index (χ3v) is 6.92. The van der Waals surface area contributed by atoms with Gasteiger partial charge in [0.15, 0.2) is 0 Å². The van der Waals surface area contributed by atoms with E-state index in [1.54, 1.807) is 0 Å². The smallest absolute Gasteiger partial charge is 0.223 e. The predicted molar refractivity (Wildman–Crippen MR) is 128 cm³/mol. The van der Waals surface area contributed by atoms with Crippen LogP contribution in [-0.4, -0.2) is 36.2 Å². The Kier molecular flexibility index (Phi) is 7.44. The van der Waals surface area contributed by atoms with Gasteiger partial charge in [-0.2, -0.15) is 11.8 Å². The first-order chi connectivity index (χ1) is 14.8. The van der Waals surface area contributed by atoms with Crippen LogP contribution in [0.15, 0.2) is 72.8 Å². The maximum Gasteiger partial charge on any atom is 0.223 e. The van der Waals surface area contributed by atoms with Gasteiger partial charge in [0.2, 0.25) is 5.91 Å². The first kappa shape index (κ1) is 21.0. The van der Waals surface area contributed by atoms with Crippen LogP contribution in [0.4, 0.5) is 0 Å². The number of carbonyl (C=O) groups excluding carboxylic acids is 1. The molecule has 0 bridgehead atoms. The minimum absolute atomic E-state index is 0.160. The summed E-state index contributed by atoms with van der Waals surface area (Å²) >= 11 is 1.87. The van der Waals surface area contributed by atoms with E-state index in [0.29, 0.717) is 0 Å². The minimum atomic E-state index is 0.160. The lowest BCUT2D eigenvalue weighted by Crippen LogP contribution is -2.40. The van der Waals surface area contributed by atoms with Crippen LogP contribution >= 0.6 is 11.8 Å². The Hall–Kier alpha value is -2.30. The number of amides is 1. The second kappa shape index (κ2) is 10.6. The van der Waals surface area contributed by atoms with Crippen molar-refractivity contribution in [3.8, 4) is 0 Å². The number of hydrogen-bond acceptors (Lipinski definition) is 3. The number of nitrogens with zero attached hydrogens (tertiary/aromatic N) is 1. The number of fused-ring (bicyclic) bond motifs is 1. The summed E-state index contributed by atoms with van der Waals surface area (Å²) in [5.41, 5.74) is 2.72. The molecule has 0 spiro atoms. The van der Waals surface area contributed by atoms with E-state index >= 15 is 0 Å². The van der Waals surface area contributed by atoms with Gasteiger partial charge in [-0.15, -0.1) is 0 Å². The summed E-state index contributed by atoms with van der Waals surface area (Å²) in [6.45, 7) is 3.70. The van der Waals surface area contributed by atoms with Crippen LogP contribution in [0.1, 0.15) is 24.0 Å². The Morgan fingerprint density at radius 2 is 1.67 bits per heavy atom. The molecular weight excluding hydrogens is 388 g/mol. The van der Waals surface area contributed by atoms with Crippen molar-refractivity contribution in [2.24, 2.45) is 5.92 Å². The van der Waals surface area contributed by atoms with E-state index in [1.165, 1.54) is 21.9 Å². The highest BCUT2D eigenvalue weighted by atomic mass is 32.2. The van der Waals surface area contributed by atoms with Crippen molar-refractivity contribution in [2.45, 2.75) is 25.1 Å². The molecule has 3 aromatic rings. The number of nitrogens with one attached hydrogen (secondary N) is 1. The molecule has 3 aromatic carbocycles. The molecule has 1 amide bonds. The molecule has 1 aliphatic rings. The number of rotatable bonds is 8. The first-order valence-corrected chi connectivity index (χ1v) is 12.0. The minimum Gasteiger partial charge on any atom is -0.355 e. The highest BCUT2D eigenvalue weighted by Crippen LogP contribution is 2.23. The van der Waals surface area contributed by atoms with E-state index in [0.717, 1.165) is 50.5 Å². The topological polar surface area (TPSA) is 32.3 Å². The fourth-order valence-electron chi connectivity index (χ4n) is 4.18. The molecule has 1 heterocycles. The fraction of sp³-hybridized carbons (Fsp3) is 0.346. The van der Waals surface area contributed by atoms with Crippen molar-refractivity contribution in [3.63, 3.8) is 0 Å². The average molecular weight is 419 g/mol. The molecule has 30 heavy (non-hydrogen) atoms. The molecule has 1 fully saturated rings. The molecule has 4 rings (SSSR count). The number of likely N-dealkylation sites (tertiary alicyclic amines) is 1. The largest absolute Gasteiger partial charge is 0.355 e. The molecule has 0 aliphatic carbocycles. The molecule has 0 unspecified atom stereocenters. The van der Waals surface area contributed by atoms with Crippen molar-refractivity contribution in [1.82, 2.24) is 10.2 Å². The molecule has 1 N–H and O–H groups in total. The van der Waals surface area contributed by atoms with Crippen molar-refractivity contribution in [3.05, 3.63) is 83.9 Å². The van der Waals surface area contributed by atoms with Crippen molar-refractivity contribution in [2.75, 3.05) is 25.4 Å². The maximum absolute atomic E-state index is 12.5. The zero-order valence-corrected chi connectivity index (χ0v) is 18.2. The molecule has 0 aromatic heterocycles. The van der Waals surface area contributed by atoms with Crippen LogP contribution in [0, 0.1) is 5.92 Å². The zero-order chi connectivity index (χ0) is 20.6. The predicted octanol–water partition coefficient (Wildman–Crippen LogP) is 5.10. The van der Waals surface area contributed by atoms with E-state index in [9.17, 15) is 4.79 Å². The van der Waals surface area contributed by atoms with Crippen LogP contribution < -0.4 is 5.32 Å². The van der Waals surface area contributed by atoms with Crippen molar-refractivity contribution >= 4 is 28.4 Å². The summed E-state index contributed by atoms with van der Waals surface area (Å²) in [6.07, 6.45) is 1.90. The van der Waals surface area contributed by atoms with Gasteiger partial charge in [-0.05, 0) is 47.8 Å². The third kappa shape index (κ3) is 5.65. The fourth-order valence-corrected chi connectivity index (χ4v) is 5.00. The van der Waals surface area contributed by atoms with Gasteiger partial charge in [-0.1, -0.05) is 72.8 Å². The van der Waals surface area contributed by atoms with Crippen LogP contribution in [0.5, 0.6) is 0 Å². The second-order valence-corrected chi connectivity index (χ2v) is 9.12. The Labute approximate surface area is 183 Å². The van der Waals surface area contributed by atoms with Gasteiger partial charge in [0.05, 0.1) is 0 Å². The summed E-state index contributed by atoms with van der Waals surface area (Å²) < 4.78 is 0. The Bertz CT molecular complexity index is 946. The van der Waals surface area contributed by atoms with Crippen LogP contribution in [0.2, 0.25) is 0 Å². The van der Waals surface area contributed by atoms with Gasteiger partial charge >= 0.3 is 0 Å². The second-order valence-electron chi connectivity index (χ2n) is 8.02. The Morgan fingerprint density at radius 1 is 0.933 bits per heavy atom. The number of carbonyl (C=O) groups is 1. The number of piperidine rings is 1. The van der Waals surface area contributed by atoms with Gasteiger partial charge in [-0.3, -0.25) is 9.69 Å². The molecule has 0 atom stereocenters. The monoisotopic (exact) mass is 418 g/mol. The third-order valence-electron chi connectivity index (χ3n) is 5.89. The van der Waals surface area contributed by atoms with E-state index in [4.69, 9.17) is 0 Å². The highest BCUT2D eigenvalue weighted by Gasteiger charge is 2.24. The van der Waals surface area contributed by atoms with Crippen LogP contribution in [0.3, 0.4) is 0 Å². The molecular formula is C26H30N2OS. The highest BCUT2D eigenvalue weighted by molar-refractivity contribution is 7.98. The number of benzene rings is 3. The average Bonchev–Trinajstić information content (AvgIpc) is 2.80. The SMILES string of the molecule is O=C(NCCSCc1ccccc1)C1CCN(Cc2cccc3ccccc23)CC1. The van der Waals surface area contributed by atoms with E-state index in [2.05, 4.69) is 76.9 Å². The van der Waals surface area contributed by atoms with Crippen LogP contribution in [0.25, 0.3) is 10.8 Å². The van der Waals surface area contributed by atoms with E-state index in [1.807, 2.05) is 17.8 Å². The summed E-state index contributed by atoms with van der Waals surface area (Å²) in [7, 11) is 0. The molecule has 0 radical (unpaired) electrons. The van der Waals surface area contributed by atoms with Gasteiger partial charge in [-0.25, -0.2) is 0 Å². The number of hydrogen-bond donors (Lipinski definition) is 1.